The van der Waals surface area contributed by atoms with E-state index >= 15 is 0 Å². The number of ketones is 1. The third kappa shape index (κ3) is 34.2. The number of benzene rings is 1. The second-order valence-electron chi connectivity index (χ2n) is 23.5. The minimum Gasteiger partial charge on any atom is -0.370 e. The number of Topliss-reactive ketones (excluding diaryl/α,β-unsaturated/α-hetero) is 1. The topological polar surface area (TPSA) is 719 Å². The van der Waals surface area contributed by atoms with Crippen molar-refractivity contribution in [2.45, 2.75) is 171 Å². The van der Waals surface area contributed by atoms with E-state index < -0.39 is 89.6 Å². The molecule has 2 aromatic heterocycles. The van der Waals surface area contributed by atoms with Crippen LogP contribution < -0.4 is 123 Å². The average Bonchev–Trinajstić information content (AvgIpc) is 1.62. The summed E-state index contributed by atoms with van der Waals surface area (Å²) in [7, 11) is 0. The lowest BCUT2D eigenvalue weighted by atomic mass is 10.0. The number of unbranched alkanes of at least 4 members (excludes halogenated alkanes) is 3. The summed E-state index contributed by atoms with van der Waals surface area (Å²) in [5.74, 6) is -7.93. The number of nitrogens with one attached hydrogen (secondary N) is 8. The average molecular weight is 1420 g/mol. The van der Waals surface area contributed by atoms with Crippen LogP contribution in [0.4, 0.5) is 0 Å². The number of aliphatic imine (C=N–C) groups is 6. The molecule has 1 aromatic carbocycles. The number of hydrogen-bond acceptors (Lipinski definition) is 20. The lowest BCUT2D eigenvalue weighted by Gasteiger charge is -2.28. The van der Waals surface area contributed by atoms with Gasteiger partial charge >= 0.3 is 0 Å². The van der Waals surface area contributed by atoms with Crippen molar-refractivity contribution in [3.05, 3.63) is 24.4 Å². The number of rotatable bonds is 52. The molecule has 556 valence electrons. The van der Waals surface area contributed by atoms with Gasteiger partial charge in [0.1, 0.15) is 53.3 Å². The minimum absolute atomic E-state index is 0.00464. The molecule has 3 aromatic rings. The first kappa shape index (κ1) is 83.8. The minimum atomic E-state index is -1.49. The maximum Gasteiger partial charge on any atom is 0.243 e. The van der Waals surface area contributed by atoms with Gasteiger partial charge < -0.3 is 127 Å². The highest BCUT2D eigenvalue weighted by atomic mass is 32.1. The largest absolute Gasteiger partial charge is 0.370 e. The number of hydrogen-bond donors (Lipinski definition) is 22. The van der Waals surface area contributed by atoms with Crippen molar-refractivity contribution in [3.63, 3.8) is 0 Å². The summed E-state index contributed by atoms with van der Waals surface area (Å²) in [5, 5.41) is 22.9. The summed E-state index contributed by atoms with van der Waals surface area (Å²) < 4.78 is 10.6. The molecule has 0 aliphatic carbocycles. The predicted molar refractivity (Wildman–Crippen MR) is 384 cm³/mol. The van der Waals surface area contributed by atoms with E-state index in [0.29, 0.717) is 45.2 Å². The smallest absolute Gasteiger partial charge is 0.243 e. The Balaban J connectivity index is 1.90. The van der Waals surface area contributed by atoms with Crippen LogP contribution in [0, 0.1) is 0 Å². The molecule has 0 aliphatic rings. The Morgan fingerprint density at radius 3 is 1.13 bits per heavy atom. The molecule has 7 atom stereocenters. The zero-order valence-corrected chi connectivity index (χ0v) is 57.4. The normalized spacial score (nSPS) is 13.1. The Labute approximate surface area is 583 Å². The summed E-state index contributed by atoms with van der Waals surface area (Å²) in [6.07, 6.45) is 4.78. The van der Waals surface area contributed by atoms with Crippen molar-refractivity contribution < 1.29 is 43.2 Å². The zero-order chi connectivity index (χ0) is 73.9. The van der Waals surface area contributed by atoms with E-state index in [0.717, 1.165) is 33.7 Å². The van der Waals surface area contributed by atoms with E-state index in [1.54, 1.807) is 0 Å². The molecule has 0 aliphatic heterocycles. The molecule has 36 N–H and O–H groups in total. The van der Waals surface area contributed by atoms with Crippen LogP contribution in [0.1, 0.15) is 122 Å². The van der Waals surface area contributed by atoms with Crippen molar-refractivity contribution in [1.82, 2.24) is 55.8 Å². The molecule has 7 unspecified atom stereocenters. The number of primary amides is 1. The van der Waals surface area contributed by atoms with Crippen LogP contribution in [0.3, 0.4) is 0 Å². The second-order valence-corrected chi connectivity index (χ2v) is 24.0. The van der Waals surface area contributed by atoms with Crippen LogP contribution in [-0.4, -0.2) is 203 Å². The summed E-state index contributed by atoms with van der Waals surface area (Å²) >= 11 is 1.11. The number of aromatic nitrogens is 3. The molecule has 3 rings (SSSR count). The van der Waals surface area contributed by atoms with Crippen LogP contribution in [-0.2, 0) is 49.7 Å². The van der Waals surface area contributed by atoms with Gasteiger partial charge in [-0.3, -0.25) is 73.1 Å². The van der Waals surface area contributed by atoms with E-state index in [4.69, 9.17) is 80.3 Å². The number of nitrogens with zero attached hydrogens (tertiary/aromatic N) is 9. The molecule has 0 saturated carbocycles. The molecule has 2 heterocycles. The van der Waals surface area contributed by atoms with Crippen LogP contribution in [0.5, 0.6) is 0 Å². The van der Waals surface area contributed by atoms with E-state index in [2.05, 4.69) is 81.2 Å². The maximum absolute atomic E-state index is 14.8. The molecular formula is C59H105N31O9S. The Morgan fingerprint density at radius 1 is 0.410 bits per heavy atom. The van der Waals surface area contributed by atoms with Gasteiger partial charge in [-0.1, -0.05) is 12.5 Å². The van der Waals surface area contributed by atoms with Gasteiger partial charge in [0, 0.05) is 57.3 Å². The molecule has 0 spiro atoms. The molecule has 0 radical (unpaired) electrons. The van der Waals surface area contributed by atoms with E-state index in [9.17, 15) is 43.2 Å². The second kappa shape index (κ2) is 46.7. The summed E-state index contributed by atoms with van der Waals surface area (Å²) in [6, 6.07) is -3.76. The van der Waals surface area contributed by atoms with Crippen molar-refractivity contribution in [1.29, 1.82) is 0 Å². The lowest BCUT2D eigenvalue weighted by molar-refractivity contribution is -0.136. The molecule has 0 saturated heterocycles. The molecule has 0 bridgehead atoms. The van der Waals surface area contributed by atoms with Gasteiger partial charge in [-0.25, -0.2) is 0 Å². The molecular weight excluding hydrogens is 1320 g/mol. The third-order valence-corrected chi connectivity index (χ3v) is 15.7. The first-order chi connectivity index (χ1) is 47.7. The Kier molecular flexibility index (Phi) is 39.1. The highest BCUT2D eigenvalue weighted by Gasteiger charge is 2.34. The van der Waals surface area contributed by atoms with E-state index in [1.807, 2.05) is 29.0 Å². The Morgan fingerprint density at radius 2 is 0.770 bits per heavy atom. The van der Waals surface area contributed by atoms with Gasteiger partial charge in [0.15, 0.2) is 41.5 Å². The van der Waals surface area contributed by atoms with Crippen LogP contribution in [0.25, 0.3) is 21.9 Å². The number of carbonyl (C=O) groups excluding carboxylic acids is 9. The maximum atomic E-state index is 14.8. The molecule has 100 heavy (non-hydrogen) atoms. The number of amides is 8. The van der Waals surface area contributed by atoms with E-state index in [1.165, 1.54) is 0 Å². The van der Waals surface area contributed by atoms with Crippen LogP contribution in [0.15, 0.2) is 54.4 Å². The predicted octanol–water partition coefficient (Wildman–Crippen LogP) is -7.31. The fourth-order valence-corrected chi connectivity index (χ4v) is 10.7. The molecule has 8 amide bonds. The third-order valence-electron chi connectivity index (χ3n) is 15.2. The number of nitrogens with two attached hydrogens (primary N) is 14. The fraction of sp³-hybridized carbons (Fsp3) is 0.610. The van der Waals surface area contributed by atoms with Crippen LogP contribution in [0.2, 0.25) is 0 Å². The summed E-state index contributed by atoms with van der Waals surface area (Å²) in [6.45, 7) is 1.18. The number of guanidine groups is 6. The molecule has 41 heteroatoms. The SMILES string of the molecule is NCCCCC(NC(=O)C(CCCN=C(N)N)NC(=O)C(CCCN=C(N)N)NC(=O)C(CCCN=C(N)N)NC(=O)C(CCCN=C(N)N)NC(=O)C(CCCN=C(N)N)NC(=O)C(CCCN=C(N)N)NC(=O)CCCCCNCC(=O)Cn1ccc2ccc3nsnc3c21)C(N)=O. The first-order valence-corrected chi connectivity index (χ1v) is 33.8. The van der Waals surface area contributed by atoms with Crippen molar-refractivity contribution >= 4 is 122 Å². The standard InChI is InChI=1S/C59H105N31O9S/c60-23-4-3-12-37(47(61)93)82-49(95)39(14-7-26-76-55(64)65)84-51(97)41(16-9-28-78-57(68)69)86-53(99)43(18-11-30-80-59(72)73)87-52(98)42(17-10-29-79-58(70)71)85-50(96)40(15-8-27-77-56(66)67)83-48(94)38(13-6-25-75-54(62)63)81-44(92)19-2-1-5-24-74-32-35(91)33-90-31-22-34-20-21-36-45(46(34)90)89-100-88-36/h20-22,31,37-43,74H,1-19,23-30,32-33,60H2,(H2,61,93)(H,81,92)(H,82,95)(H,83,94)(H,84,97)(H,85,96)(H,86,99)(H,87,98)(H4,62,63,75)(H4,64,65,76)(H4,66,67,77)(H4,68,69,78)(H4,70,71,79)(H4,72,73,80). The lowest BCUT2D eigenvalue weighted by Crippen LogP contribution is -2.60. The van der Waals surface area contributed by atoms with E-state index in [-0.39, 0.29) is 184 Å². The van der Waals surface area contributed by atoms with Gasteiger partial charge in [0.2, 0.25) is 47.3 Å². The van der Waals surface area contributed by atoms with Crippen molar-refractivity contribution in [3.8, 4) is 0 Å². The Hall–Kier alpha value is -10.5. The fourth-order valence-electron chi connectivity index (χ4n) is 10.2. The first-order valence-electron chi connectivity index (χ1n) is 33.0. The zero-order valence-electron chi connectivity index (χ0n) is 56.5. The number of fused-ring (bicyclic) bond motifs is 3. The monoisotopic (exact) mass is 1420 g/mol. The summed E-state index contributed by atoms with van der Waals surface area (Å²) in [4.78, 5) is 150. The quantitative estimate of drug-likeness (QED) is 0.0142. The van der Waals surface area contributed by atoms with Crippen molar-refractivity contribution in [2.75, 3.05) is 58.9 Å². The molecule has 0 fully saturated rings. The van der Waals surface area contributed by atoms with Crippen molar-refractivity contribution in [2.24, 2.45) is 110 Å². The van der Waals surface area contributed by atoms with Gasteiger partial charge in [-0.05, 0) is 134 Å². The van der Waals surface area contributed by atoms with Gasteiger partial charge in [0.25, 0.3) is 0 Å². The molecule has 40 nitrogen and oxygen atoms in total. The van der Waals surface area contributed by atoms with Gasteiger partial charge in [0.05, 0.1) is 30.3 Å². The highest BCUT2D eigenvalue weighted by Crippen LogP contribution is 2.25. The summed E-state index contributed by atoms with van der Waals surface area (Å²) in [5.41, 5.74) is 80.6. The van der Waals surface area contributed by atoms with Crippen LogP contribution >= 0.6 is 11.7 Å². The highest BCUT2D eigenvalue weighted by molar-refractivity contribution is 7.00. The number of carbonyl (C=O) groups is 9. The van der Waals surface area contributed by atoms with Gasteiger partial charge in [-0.2, -0.15) is 8.75 Å². The Bertz CT molecular complexity index is 3290. The van der Waals surface area contributed by atoms with Gasteiger partial charge in [-0.15, -0.1) is 0 Å².